The topological polar surface area (TPSA) is 29.9 Å². The zero-order valence-corrected chi connectivity index (χ0v) is 13.4. The number of benzene rings is 2. The molecule has 116 valence electrons. The molecule has 3 nitrogen and oxygen atoms in total. The molecule has 0 aliphatic carbocycles. The third-order valence-corrected chi connectivity index (χ3v) is 4.58. The molecule has 1 aliphatic heterocycles. The summed E-state index contributed by atoms with van der Waals surface area (Å²) in [5.74, 6) is 0. The average molecular weight is 303 g/mol. The second-order valence-electron chi connectivity index (χ2n) is 6.19. The van der Waals surface area contributed by atoms with E-state index in [-0.39, 0.29) is 6.04 Å². The maximum absolute atomic E-state index is 4.88. The van der Waals surface area contributed by atoms with Gasteiger partial charge in [-0.3, -0.25) is 4.68 Å². The van der Waals surface area contributed by atoms with Crippen molar-refractivity contribution < 1.29 is 0 Å². The van der Waals surface area contributed by atoms with E-state index in [1.54, 1.807) is 0 Å². The van der Waals surface area contributed by atoms with Crippen LogP contribution in [0, 0.1) is 6.92 Å². The van der Waals surface area contributed by atoms with Gasteiger partial charge in [0, 0.05) is 12.2 Å². The number of rotatable bonds is 3. The molecule has 0 bridgehead atoms. The van der Waals surface area contributed by atoms with E-state index in [0.29, 0.717) is 0 Å². The summed E-state index contributed by atoms with van der Waals surface area (Å²) in [6.07, 6.45) is 1.09. The van der Waals surface area contributed by atoms with Crippen molar-refractivity contribution in [1.82, 2.24) is 15.1 Å². The molecule has 0 spiro atoms. The molecular weight excluding hydrogens is 282 g/mol. The molecular formula is C20H21N3. The summed E-state index contributed by atoms with van der Waals surface area (Å²) < 4.78 is 2.10. The fraction of sp³-hybridized carbons (Fsp3) is 0.250. The molecule has 1 aromatic heterocycles. The SMILES string of the molecule is Cc1cc([C@H]2NCCc3ccccc32)nn1Cc1ccccc1. The molecule has 0 radical (unpaired) electrons. The maximum Gasteiger partial charge on any atom is 0.0842 e. The number of fused-ring (bicyclic) bond motifs is 1. The van der Waals surface area contributed by atoms with Gasteiger partial charge >= 0.3 is 0 Å². The zero-order chi connectivity index (χ0) is 15.6. The first-order chi connectivity index (χ1) is 11.3. The van der Waals surface area contributed by atoms with Crippen molar-refractivity contribution in [3.63, 3.8) is 0 Å². The number of hydrogen-bond donors (Lipinski definition) is 1. The Kier molecular flexibility index (Phi) is 3.72. The molecule has 0 amide bonds. The number of nitrogens with zero attached hydrogens (tertiary/aromatic N) is 2. The van der Waals surface area contributed by atoms with Crippen LogP contribution in [0.4, 0.5) is 0 Å². The van der Waals surface area contributed by atoms with Gasteiger partial charge in [-0.05, 0) is 36.1 Å². The lowest BCUT2D eigenvalue weighted by Gasteiger charge is -2.25. The van der Waals surface area contributed by atoms with Crippen LogP contribution < -0.4 is 5.32 Å². The van der Waals surface area contributed by atoms with Crippen LogP contribution in [0.2, 0.25) is 0 Å². The van der Waals surface area contributed by atoms with Crippen molar-refractivity contribution >= 4 is 0 Å². The number of aromatic nitrogens is 2. The highest BCUT2D eigenvalue weighted by Crippen LogP contribution is 2.28. The lowest BCUT2D eigenvalue weighted by atomic mass is 9.92. The van der Waals surface area contributed by atoms with Crippen LogP contribution in [-0.4, -0.2) is 16.3 Å². The second kappa shape index (κ2) is 6.01. The molecule has 1 aliphatic rings. The van der Waals surface area contributed by atoms with Gasteiger partial charge in [-0.1, -0.05) is 54.6 Å². The minimum Gasteiger partial charge on any atom is -0.305 e. The normalized spacial score (nSPS) is 17.0. The Morgan fingerprint density at radius 2 is 1.87 bits per heavy atom. The molecule has 2 aromatic carbocycles. The van der Waals surface area contributed by atoms with Gasteiger partial charge in [-0.15, -0.1) is 0 Å². The van der Waals surface area contributed by atoms with Gasteiger partial charge in [-0.25, -0.2) is 0 Å². The summed E-state index contributed by atoms with van der Waals surface area (Å²) in [6, 6.07) is 21.6. The maximum atomic E-state index is 4.88. The average Bonchev–Trinajstić information content (AvgIpc) is 2.96. The first-order valence-corrected chi connectivity index (χ1v) is 8.21. The molecule has 0 unspecified atom stereocenters. The van der Waals surface area contributed by atoms with Crippen LogP contribution in [0.3, 0.4) is 0 Å². The van der Waals surface area contributed by atoms with E-state index in [2.05, 4.69) is 71.5 Å². The Morgan fingerprint density at radius 1 is 1.09 bits per heavy atom. The fourth-order valence-electron chi connectivity index (χ4n) is 3.36. The Bertz CT molecular complexity index is 805. The van der Waals surface area contributed by atoms with Crippen LogP contribution in [0.25, 0.3) is 0 Å². The Balaban J connectivity index is 1.65. The Labute approximate surface area is 137 Å². The van der Waals surface area contributed by atoms with Crippen LogP contribution >= 0.6 is 0 Å². The number of aryl methyl sites for hydroxylation is 1. The molecule has 2 heterocycles. The summed E-state index contributed by atoms with van der Waals surface area (Å²) in [6.45, 7) is 3.96. The van der Waals surface area contributed by atoms with E-state index < -0.39 is 0 Å². The molecule has 0 saturated carbocycles. The molecule has 3 heteroatoms. The number of nitrogens with one attached hydrogen (secondary N) is 1. The smallest absolute Gasteiger partial charge is 0.0842 e. The lowest BCUT2D eigenvalue weighted by molar-refractivity contribution is 0.542. The molecule has 1 atom stereocenters. The highest BCUT2D eigenvalue weighted by atomic mass is 15.3. The van der Waals surface area contributed by atoms with Crippen molar-refractivity contribution in [2.24, 2.45) is 0 Å². The molecule has 23 heavy (non-hydrogen) atoms. The lowest BCUT2D eigenvalue weighted by Crippen LogP contribution is -2.30. The summed E-state index contributed by atoms with van der Waals surface area (Å²) >= 11 is 0. The van der Waals surface area contributed by atoms with Gasteiger partial charge in [-0.2, -0.15) is 5.10 Å². The third-order valence-electron chi connectivity index (χ3n) is 4.58. The molecule has 1 N–H and O–H groups in total. The monoisotopic (exact) mass is 303 g/mol. The van der Waals surface area contributed by atoms with Crippen LogP contribution in [-0.2, 0) is 13.0 Å². The summed E-state index contributed by atoms with van der Waals surface area (Å²) in [5.41, 5.74) is 6.40. The van der Waals surface area contributed by atoms with Crippen LogP contribution in [0.5, 0.6) is 0 Å². The largest absolute Gasteiger partial charge is 0.305 e. The molecule has 4 rings (SSSR count). The summed E-state index contributed by atoms with van der Waals surface area (Å²) in [5, 5.41) is 8.50. The van der Waals surface area contributed by atoms with Gasteiger partial charge in [0.25, 0.3) is 0 Å². The highest BCUT2D eigenvalue weighted by Gasteiger charge is 2.23. The predicted octanol–water partition coefficient (Wildman–Crippen LogP) is 3.47. The fourth-order valence-corrected chi connectivity index (χ4v) is 3.36. The van der Waals surface area contributed by atoms with Gasteiger partial charge in [0.15, 0.2) is 0 Å². The molecule has 0 saturated heterocycles. The van der Waals surface area contributed by atoms with Crippen LogP contribution in [0.1, 0.15) is 34.1 Å². The van der Waals surface area contributed by atoms with E-state index in [4.69, 9.17) is 5.10 Å². The first kappa shape index (κ1) is 14.2. The summed E-state index contributed by atoms with van der Waals surface area (Å²) in [4.78, 5) is 0. The third kappa shape index (κ3) is 2.80. The van der Waals surface area contributed by atoms with Crippen molar-refractivity contribution in [1.29, 1.82) is 0 Å². The standard InChI is InChI=1S/C20H21N3/c1-15-13-19(22-23(15)14-16-7-3-2-4-8-16)20-18-10-6-5-9-17(18)11-12-21-20/h2-10,13,20-21H,11-12,14H2,1H3/t20-/m0/s1. The minimum absolute atomic E-state index is 0.204. The highest BCUT2D eigenvalue weighted by molar-refractivity contribution is 5.37. The Morgan fingerprint density at radius 3 is 2.74 bits per heavy atom. The van der Waals surface area contributed by atoms with E-state index in [9.17, 15) is 0 Å². The summed E-state index contributed by atoms with van der Waals surface area (Å²) in [7, 11) is 0. The number of hydrogen-bond acceptors (Lipinski definition) is 2. The second-order valence-corrected chi connectivity index (χ2v) is 6.19. The first-order valence-electron chi connectivity index (χ1n) is 8.21. The molecule has 3 aromatic rings. The van der Waals surface area contributed by atoms with Gasteiger partial charge in [0.05, 0.1) is 18.3 Å². The van der Waals surface area contributed by atoms with Gasteiger partial charge < -0.3 is 5.32 Å². The van der Waals surface area contributed by atoms with Crippen molar-refractivity contribution in [3.05, 3.63) is 88.7 Å². The minimum atomic E-state index is 0.204. The van der Waals surface area contributed by atoms with Crippen molar-refractivity contribution in [2.45, 2.75) is 25.9 Å². The van der Waals surface area contributed by atoms with E-state index in [1.807, 2.05) is 6.07 Å². The van der Waals surface area contributed by atoms with Crippen molar-refractivity contribution in [2.75, 3.05) is 6.54 Å². The van der Waals surface area contributed by atoms with Crippen LogP contribution in [0.15, 0.2) is 60.7 Å². The predicted molar refractivity (Wildman–Crippen MR) is 92.5 cm³/mol. The zero-order valence-electron chi connectivity index (χ0n) is 13.4. The van der Waals surface area contributed by atoms with Gasteiger partial charge in [0.1, 0.15) is 0 Å². The quantitative estimate of drug-likeness (QED) is 0.803. The van der Waals surface area contributed by atoms with E-state index in [0.717, 1.165) is 25.2 Å². The molecule has 0 fully saturated rings. The Hall–Kier alpha value is -2.39. The van der Waals surface area contributed by atoms with E-state index >= 15 is 0 Å². The van der Waals surface area contributed by atoms with E-state index in [1.165, 1.54) is 22.4 Å². The van der Waals surface area contributed by atoms with Crippen molar-refractivity contribution in [3.8, 4) is 0 Å². The van der Waals surface area contributed by atoms with Gasteiger partial charge in [0.2, 0.25) is 0 Å².